The summed E-state index contributed by atoms with van der Waals surface area (Å²) in [5.74, 6) is -0.0615. The molecule has 1 aliphatic rings. The lowest BCUT2D eigenvalue weighted by Crippen LogP contribution is -3.00. The number of ketones is 2. The molecule has 4 rings (SSSR count). The number of allylic oxidation sites excluding steroid dienone is 3. The van der Waals surface area contributed by atoms with Crippen LogP contribution in [0.2, 0.25) is 0 Å². The van der Waals surface area contributed by atoms with Gasteiger partial charge in [-0.2, -0.15) is 0 Å². The van der Waals surface area contributed by atoms with Gasteiger partial charge in [0.1, 0.15) is 23.2 Å². The van der Waals surface area contributed by atoms with E-state index in [1.807, 2.05) is 0 Å². The number of carbonyl (C=O) groups is 2. The Morgan fingerprint density at radius 2 is 1.02 bits per heavy atom. The largest absolute Gasteiger partial charge is 1.00 e. The zero-order valence-electron chi connectivity index (χ0n) is 24.4. The smallest absolute Gasteiger partial charge is 0.224 e. The van der Waals surface area contributed by atoms with Crippen molar-refractivity contribution in [2.24, 2.45) is 0 Å². The van der Waals surface area contributed by atoms with Crippen LogP contribution in [0.15, 0.2) is 114 Å². The Balaban J connectivity index is 0.00000462. The maximum absolute atomic E-state index is 12.5. The minimum Gasteiger partial charge on any atom is -1.00 e. The number of hydrogen-bond donors (Lipinski definition) is 0. The lowest BCUT2D eigenvalue weighted by atomic mass is 9.90. The van der Waals surface area contributed by atoms with E-state index < -0.39 is 7.26 Å². The van der Waals surface area contributed by atoms with E-state index in [9.17, 15) is 9.59 Å². The Morgan fingerprint density at radius 1 is 0.610 bits per heavy atom. The summed E-state index contributed by atoms with van der Waals surface area (Å²) in [5, 5.41) is 4.39. The third-order valence-corrected chi connectivity index (χ3v) is 12.6. The van der Waals surface area contributed by atoms with Crippen LogP contribution in [0, 0.1) is 0 Å². The van der Waals surface area contributed by atoms with Gasteiger partial charge in [0.2, 0.25) is 5.78 Å². The maximum Gasteiger partial charge on any atom is 0.224 e. The van der Waals surface area contributed by atoms with Crippen molar-refractivity contribution in [3.05, 3.63) is 114 Å². The fourth-order valence-electron chi connectivity index (χ4n) is 5.81. The van der Waals surface area contributed by atoms with Crippen molar-refractivity contribution in [1.29, 1.82) is 0 Å². The van der Waals surface area contributed by atoms with E-state index in [0.29, 0.717) is 17.6 Å². The summed E-state index contributed by atoms with van der Waals surface area (Å²) in [6, 6.07) is 33.4. The summed E-state index contributed by atoms with van der Waals surface area (Å²) < 4.78 is 5.10. The molecule has 0 saturated heterocycles. The summed E-state index contributed by atoms with van der Waals surface area (Å²) in [5.41, 5.74) is 1.21. The van der Waals surface area contributed by atoms with E-state index in [0.717, 1.165) is 19.3 Å². The lowest BCUT2D eigenvalue weighted by Gasteiger charge is -2.27. The second-order valence-corrected chi connectivity index (χ2v) is 14.2. The lowest BCUT2D eigenvalue weighted by molar-refractivity contribution is -0.118. The number of Topliss-reactive ketones (excluding diaryl/α,β-unsaturated/α-hetero) is 1. The Kier molecular flexibility index (Phi) is 13.2. The van der Waals surface area contributed by atoms with Crippen LogP contribution in [-0.4, -0.2) is 24.8 Å². The molecule has 0 atom stereocenters. The molecule has 5 heteroatoms. The maximum atomic E-state index is 12.5. The average molecular weight is 634 g/mol. The van der Waals surface area contributed by atoms with Gasteiger partial charge in [0.25, 0.3) is 0 Å². The van der Waals surface area contributed by atoms with E-state index >= 15 is 0 Å². The molecule has 0 aromatic heterocycles. The van der Waals surface area contributed by atoms with Gasteiger partial charge in [0.15, 0.2) is 11.5 Å². The Morgan fingerprint density at radius 3 is 1.46 bits per heavy atom. The zero-order valence-corrected chi connectivity index (χ0v) is 26.8. The average Bonchev–Trinajstić information content (AvgIpc) is 3.00. The van der Waals surface area contributed by atoms with Gasteiger partial charge in [-0.25, -0.2) is 0 Å². The molecule has 0 spiro atoms. The van der Waals surface area contributed by atoms with Crippen LogP contribution in [0.1, 0.15) is 64.7 Å². The van der Waals surface area contributed by atoms with Crippen molar-refractivity contribution in [2.75, 3.05) is 13.3 Å². The molecule has 3 aromatic rings. The summed E-state index contributed by atoms with van der Waals surface area (Å²) >= 11 is 0. The van der Waals surface area contributed by atoms with Crippen molar-refractivity contribution in [1.82, 2.24) is 0 Å². The van der Waals surface area contributed by atoms with E-state index in [2.05, 4.69) is 91.0 Å². The third kappa shape index (κ3) is 8.15. The van der Waals surface area contributed by atoms with Gasteiger partial charge in [0.05, 0.1) is 13.3 Å². The summed E-state index contributed by atoms with van der Waals surface area (Å²) in [6.45, 7) is 1.75. The summed E-state index contributed by atoms with van der Waals surface area (Å²) in [6.07, 6.45) is 12.5. The Labute approximate surface area is 257 Å². The summed E-state index contributed by atoms with van der Waals surface area (Å²) in [4.78, 5) is 24.6. The fourth-order valence-corrected chi connectivity index (χ4v) is 10.2. The zero-order chi connectivity index (χ0) is 28.2. The SMILES string of the molecule is COC1=CC(=O)C(C)=C(CCCCCCCCCC[P+](c2ccccc2)(c2ccccc2)c2ccccc2)C1=O.[Br-]. The van der Waals surface area contributed by atoms with E-state index in [1.54, 1.807) is 6.92 Å². The van der Waals surface area contributed by atoms with Crippen molar-refractivity contribution in [3.8, 4) is 0 Å². The van der Waals surface area contributed by atoms with Gasteiger partial charge < -0.3 is 21.7 Å². The molecule has 0 saturated carbocycles. The van der Waals surface area contributed by atoms with Crippen molar-refractivity contribution >= 4 is 34.7 Å². The van der Waals surface area contributed by atoms with Crippen LogP contribution in [0.3, 0.4) is 0 Å². The van der Waals surface area contributed by atoms with Crippen molar-refractivity contribution in [2.45, 2.75) is 64.7 Å². The van der Waals surface area contributed by atoms with Crippen LogP contribution in [0.25, 0.3) is 0 Å². The number of unbranched alkanes of at least 4 members (excludes halogenated alkanes) is 7. The van der Waals surface area contributed by atoms with Crippen molar-refractivity contribution < 1.29 is 31.3 Å². The van der Waals surface area contributed by atoms with Gasteiger partial charge in [-0.1, -0.05) is 86.7 Å². The normalized spacial score (nSPS) is 13.6. The molecule has 0 N–H and O–H groups in total. The third-order valence-electron chi connectivity index (χ3n) is 8.06. The van der Waals surface area contributed by atoms with Crippen LogP contribution < -0.4 is 32.9 Å². The van der Waals surface area contributed by atoms with Gasteiger partial charge in [-0.05, 0) is 69.0 Å². The molecule has 3 nitrogen and oxygen atoms in total. The quantitative estimate of drug-likeness (QED) is 0.141. The van der Waals surface area contributed by atoms with Crippen LogP contribution in [0.4, 0.5) is 0 Å². The first kappa shape index (κ1) is 32.7. The van der Waals surface area contributed by atoms with Gasteiger partial charge in [-0.15, -0.1) is 0 Å². The predicted octanol–water partition coefficient (Wildman–Crippen LogP) is 4.49. The van der Waals surface area contributed by atoms with Crippen LogP contribution >= 0.6 is 7.26 Å². The molecule has 0 heterocycles. The Hall–Kier alpha value is -2.81. The topological polar surface area (TPSA) is 43.4 Å². The highest BCUT2D eigenvalue weighted by Crippen LogP contribution is 2.56. The number of ether oxygens (including phenoxy) is 1. The number of carbonyl (C=O) groups excluding carboxylic acids is 2. The van der Waals surface area contributed by atoms with Gasteiger partial charge in [0, 0.05) is 17.2 Å². The molecule has 1 aliphatic carbocycles. The predicted molar refractivity (Wildman–Crippen MR) is 169 cm³/mol. The molecule has 0 bridgehead atoms. The van der Waals surface area contributed by atoms with Gasteiger partial charge >= 0.3 is 0 Å². The molecule has 216 valence electrons. The van der Waals surface area contributed by atoms with Crippen LogP contribution in [0.5, 0.6) is 0 Å². The first-order valence-corrected chi connectivity index (χ1v) is 16.6. The highest BCUT2D eigenvalue weighted by atomic mass is 79.9. The molecular weight excluding hydrogens is 591 g/mol. The number of rotatable bonds is 15. The molecule has 0 fully saturated rings. The van der Waals surface area contributed by atoms with Crippen LogP contribution in [-0.2, 0) is 14.3 Å². The van der Waals surface area contributed by atoms with Gasteiger partial charge in [-0.3, -0.25) is 9.59 Å². The highest BCUT2D eigenvalue weighted by Gasteiger charge is 2.44. The van der Waals surface area contributed by atoms with E-state index in [1.165, 1.54) is 67.4 Å². The van der Waals surface area contributed by atoms with Crippen molar-refractivity contribution in [3.63, 3.8) is 0 Å². The number of methoxy groups -OCH3 is 1. The minimum absolute atomic E-state index is 0. The molecule has 0 amide bonds. The first-order valence-electron chi connectivity index (χ1n) is 14.7. The standard InChI is InChI=1S/C36H42O3P.BrH/c1-29-33(36(38)35(39-2)28-34(29)37)26-18-7-5-3-4-6-8-19-27-40(30-20-12-9-13-21-30,31-22-14-10-15-23-31)32-24-16-11-17-25-32;/h9-17,20-25,28H,3-8,18-19,26-27H2,1-2H3;1H/q+1;/p-1. The molecule has 0 aliphatic heterocycles. The second kappa shape index (κ2) is 16.6. The number of halogens is 1. The second-order valence-electron chi connectivity index (χ2n) is 10.6. The molecule has 41 heavy (non-hydrogen) atoms. The number of benzene rings is 3. The Bertz CT molecular complexity index is 1220. The summed E-state index contributed by atoms with van der Waals surface area (Å²) in [7, 11) is -0.281. The number of hydrogen-bond acceptors (Lipinski definition) is 3. The van der Waals surface area contributed by atoms with E-state index in [-0.39, 0.29) is 34.3 Å². The molecule has 0 unspecified atom stereocenters. The van der Waals surface area contributed by atoms with E-state index in [4.69, 9.17) is 4.74 Å². The molecule has 0 radical (unpaired) electrons. The molecule has 3 aromatic carbocycles. The highest BCUT2D eigenvalue weighted by molar-refractivity contribution is 7.95. The minimum atomic E-state index is -1.73. The fraction of sp³-hybridized carbons (Fsp3) is 0.333. The molecular formula is C36H42BrO3P. The first-order chi connectivity index (χ1) is 19.6. The monoisotopic (exact) mass is 632 g/mol.